The lowest BCUT2D eigenvalue weighted by Crippen LogP contribution is -2.37. The molecule has 120 valence electrons. The summed E-state index contributed by atoms with van der Waals surface area (Å²) in [6.45, 7) is 8.23. The fourth-order valence-corrected chi connectivity index (χ4v) is 4.27. The Morgan fingerprint density at radius 1 is 1.09 bits per heavy atom. The van der Waals surface area contributed by atoms with Crippen LogP contribution in [0.4, 0.5) is 0 Å². The maximum atomic E-state index is 12.6. The van der Waals surface area contributed by atoms with Crippen LogP contribution in [0.3, 0.4) is 0 Å². The summed E-state index contributed by atoms with van der Waals surface area (Å²) < 4.78 is 5.13. The van der Waals surface area contributed by atoms with Gasteiger partial charge in [0.1, 0.15) is 0 Å². The minimum Gasteiger partial charge on any atom is -0.472 e. The zero-order valence-corrected chi connectivity index (χ0v) is 13.1. The third kappa shape index (κ3) is 2.79. The number of carbonyl (C=O) groups is 1. The van der Waals surface area contributed by atoms with Crippen LogP contribution in [0.15, 0.2) is 23.0 Å². The third-order valence-electron chi connectivity index (χ3n) is 5.47. The molecule has 0 spiro atoms. The van der Waals surface area contributed by atoms with E-state index in [9.17, 15) is 4.79 Å². The smallest absolute Gasteiger partial charge is 0.227 e. The summed E-state index contributed by atoms with van der Waals surface area (Å²) in [5.74, 6) is 1.14. The van der Waals surface area contributed by atoms with Gasteiger partial charge in [-0.2, -0.15) is 0 Å². The topological polar surface area (TPSA) is 39.9 Å². The van der Waals surface area contributed by atoms with E-state index < -0.39 is 0 Å². The second kappa shape index (κ2) is 6.05. The number of likely N-dealkylation sites (tertiary alicyclic amines) is 3. The molecule has 0 saturated carbocycles. The van der Waals surface area contributed by atoms with Gasteiger partial charge in [-0.05, 0) is 32.0 Å². The Balaban J connectivity index is 1.28. The average Bonchev–Trinajstić information content (AvgIpc) is 3.26. The van der Waals surface area contributed by atoms with Gasteiger partial charge in [-0.15, -0.1) is 0 Å². The first-order valence-corrected chi connectivity index (χ1v) is 8.54. The van der Waals surface area contributed by atoms with E-state index in [0.29, 0.717) is 11.8 Å². The highest BCUT2D eigenvalue weighted by Crippen LogP contribution is 2.32. The van der Waals surface area contributed by atoms with Crippen LogP contribution in [0.5, 0.6) is 0 Å². The van der Waals surface area contributed by atoms with E-state index >= 15 is 0 Å². The first-order valence-electron chi connectivity index (χ1n) is 8.54. The van der Waals surface area contributed by atoms with Crippen molar-refractivity contribution in [1.82, 2.24) is 14.7 Å². The lowest BCUT2D eigenvalue weighted by atomic mass is 10.0. The fraction of sp³-hybridized carbons (Fsp3) is 0.706. The summed E-state index contributed by atoms with van der Waals surface area (Å²) in [5, 5.41) is 0. The fourth-order valence-electron chi connectivity index (χ4n) is 4.27. The molecule has 22 heavy (non-hydrogen) atoms. The van der Waals surface area contributed by atoms with Crippen LogP contribution in [0.1, 0.15) is 18.4 Å². The second-order valence-electron chi connectivity index (χ2n) is 7.03. The molecule has 4 heterocycles. The van der Waals surface area contributed by atoms with Crippen molar-refractivity contribution in [1.29, 1.82) is 0 Å². The van der Waals surface area contributed by atoms with Crippen molar-refractivity contribution in [3.8, 4) is 0 Å². The van der Waals surface area contributed by atoms with E-state index in [-0.39, 0.29) is 5.92 Å². The first-order chi connectivity index (χ1) is 10.8. The Hall–Kier alpha value is -1.33. The molecule has 0 radical (unpaired) electrons. The minimum atomic E-state index is 0.227. The third-order valence-corrected chi connectivity index (χ3v) is 5.47. The number of hydrogen-bond donors (Lipinski definition) is 0. The molecule has 1 amide bonds. The van der Waals surface area contributed by atoms with E-state index in [1.165, 1.54) is 31.5 Å². The van der Waals surface area contributed by atoms with Crippen LogP contribution >= 0.6 is 0 Å². The molecule has 3 aliphatic rings. The lowest BCUT2D eigenvalue weighted by Gasteiger charge is -2.23. The van der Waals surface area contributed by atoms with Crippen molar-refractivity contribution in [3.05, 3.63) is 24.2 Å². The largest absolute Gasteiger partial charge is 0.472 e. The summed E-state index contributed by atoms with van der Waals surface area (Å²) in [6, 6.07) is 2.01. The number of hydrogen-bond acceptors (Lipinski definition) is 4. The van der Waals surface area contributed by atoms with Gasteiger partial charge in [0.05, 0.1) is 18.4 Å². The van der Waals surface area contributed by atoms with Gasteiger partial charge in [0.25, 0.3) is 0 Å². The SMILES string of the molecule is O=C1[C@@H]2CN(Cc3ccoc3)C[C@@H]2CN1CCN1CCCC1. The Kier molecular flexibility index (Phi) is 3.92. The van der Waals surface area contributed by atoms with Gasteiger partial charge in [-0.25, -0.2) is 0 Å². The summed E-state index contributed by atoms with van der Waals surface area (Å²) in [6.07, 6.45) is 6.17. The predicted octanol–water partition coefficient (Wildman–Crippen LogP) is 1.27. The molecular weight excluding hydrogens is 278 g/mol. The van der Waals surface area contributed by atoms with Crippen molar-refractivity contribution >= 4 is 5.91 Å². The molecule has 0 unspecified atom stereocenters. The number of fused-ring (bicyclic) bond motifs is 1. The normalized spacial score (nSPS) is 29.6. The second-order valence-corrected chi connectivity index (χ2v) is 7.03. The highest BCUT2D eigenvalue weighted by Gasteiger charge is 2.45. The highest BCUT2D eigenvalue weighted by molar-refractivity contribution is 5.82. The van der Waals surface area contributed by atoms with Crippen LogP contribution in [-0.4, -0.2) is 66.4 Å². The Morgan fingerprint density at radius 2 is 1.95 bits per heavy atom. The van der Waals surface area contributed by atoms with E-state index in [1.54, 1.807) is 12.5 Å². The summed E-state index contributed by atoms with van der Waals surface area (Å²) in [5.41, 5.74) is 1.21. The van der Waals surface area contributed by atoms with Gasteiger partial charge >= 0.3 is 0 Å². The highest BCUT2D eigenvalue weighted by atomic mass is 16.3. The number of furan rings is 1. The molecule has 4 rings (SSSR count). The van der Waals surface area contributed by atoms with Gasteiger partial charge < -0.3 is 14.2 Å². The monoisotopic (exact) mass is 303 g/mol. The van der Waals surface area contributed by atoms with Gasteiger partial charge in [0.15, 0.2) is 0 Å². The van der Waals surface area contributed by atoms with Crippen molar-refractivity contribution in [3.63, 3.8) is 0 Å². The van der Waals surface area contributed by atoms with E-state index in [1.807, 2.05) is 6.07 Å². The van der Waals surface area contributed by atoms with Crippen LogP contribution in [0.2, 0.25) is 0 Å². The molecular formula is C17H25N3O2. The van der Waals surface area contributed by atoms with Gasteiger partial charge in [-0.1, -0.05) is 0 Å². The molecule has 3 saturated heterocycles. The summed E-state index contributed by atoms with van der Waals surface area (Å²) in [7, 11) is 0. The standard InChI is InChI=1S/C17H25N3O2/c21-17-16-12-19(9-14-3-8-22-13-14)10-15(16)11-20(17)7-6-18-4-1-2-5-18/h3,8,13,15-16H,1-2,4-7,9-12H2/t15-,16-/m1/s1. The molecule has 1 aromatic rings. The summed E-state index contributed by atoms with van der Waals surface area (Å²) >= 11 is 0. The lowest BCUT2D eigenvalue weighted by molar-refractivity contribution is -0.131. The van der Waals surface area contributed by atoms with E-state index in [4.69, 9.17) is 4.42 Å². The molecule has 0 aromatic carbocycles. The number of rotatable bonds is 5. The van der Waals surface area contributed by atoms with Crippen molar-refractivity contribution in [2.75, 3.05) is 45.8 Å². The molecule has 0 bridgehead atoms. The van der Waals surface area contributed by atoms with Gasteiger partial charge in [0.2, 0.25) is 5.91 Å². The zero-order chi connectivity index (χ0) is 14.9. The quantitative estimate of drug-likeness (QED) is 0.821. The molecule has 3 fully saturated rings. The molecule has 5 heteroatoms. The van der Waals surface area contributed by atoms with Crippen molar-refractivity contribution in [2.24, 2.45) is 11.8 Å². The van der Waals surface area contributed by atoms with Gasteiger partial charge in [-0.3, -0.25) is 9.69 Å². The Labute approximate surface area is 131 Å². The zero-order valence-electron chi connectivity index (χ0n) is 13.1. The average molecular weight is 303 g/mol. The Morgan fingerprint density at radius 3 is 2.68 bits per heavy atom. The maximum absolute atomic E-state index is 12.6. The molecule has 2 atom stereocenters. The number of nitrogens with zero attached hydrogens (tertiary/aromatic N) is 3. The first kappa shape index (κ1) is 14.3. The Bertz CT molecular complexity index is 510. The molecule has 0 N–H and O–H groups in total. The molecule has 3 aliphatic heterocycles. The maximum Gasteiger partial charge on any atom is 0.227 e. The number of amides is 1. The van der Waals surface area contributed by atoms with Crippen molar-refractivity contribution in [2.45, 2.75) is 19.4 Å². The van der Waals surface area contributed by atoms with E-state index in [0.717, 1.165) is 39.3 Å². The predicted molar refractivity (Wildman–Crippen MR) is 83.2 cm³/mol. The molecule has 0 aliphatic carbocycles. The summed E-state index contributed by atoms with van der Waals surface area (Å²) in [4.78, 5) is 19.6. The van der Waals surface area contributed by atoms with Crippen LogP contribution in [-0.2, 0) is 11.3 Å². The minimum absolute atomic E-state index is 0.227. The van der Waals surface area contributed by atoms with Crippen LogP contribution in [0, 0.1) is 11.8 Å². The van der Waals surface area contributed by atoms with Gasteiger partial charge in [0, 0.05) is 50.7 Å². The number of carbonyl (C=O) groups excluding carboxylic acids is 1. The van der Waals surface area contributed by atoms with Crippen molar-refractivity contribution < 1.29 is 9.21 Å². The van der Waals surface area contributed by atoms with Crippen LogP contribution < -0.4 is 0 Å². The van der Waals surface area contributed by atoms with E-state index in [2.05, 4.69) is 14.7 Å². The van der Waals surface area contributed by atoms with Crippen LogP contribution in [0.25, 0.3) is 0 Å². The molecule has 1 aromatic heterocycles. The molecule has 5 nitrogen and oxygen atoms in total.